The highest BCUT2D eigenvalue weighted by Crippen LogP contribution is 2.30. The lowest BCUT2D eigenvalue weighted by atomic mass is 10.1. The van der Waals surface area contributed by atoms with Crippen molar-refractivity contribution < 1.29 is 22.7 Å². The molecule has 0 aliphatic carbocycles. The topological polar surface area (TPSA) is 102 Å². The molecule has 0 radical (unpaired) electrons. The van der Waals surface area contributed by atoms with Crippen LogP contribution in [0.3, 0.4) is 0 Å². The number of nitrogens with zero attached hydrogens (tertiary/aromatic N) is 6. The van der Waals surface area contributed by atoms with Crippen molar-refractivity contribution in [2.24, 2.45) is 7.05 Å². The molecule has 1 amide bonds. The summed E-state index contributed by atoms with van der Waals surface area (Å²) in [6, 6.07) is 7.27. The van der Waals surface area contributed by atoms with E-state index >= 15 is 0 Å². The third kappa shape index (κ3) is 4.88. The molecule has 184 valence electrons. The molecule has 1 aromatic carbocycles. The zero-order chi connectivity index (χ0) is 25.3. The molecule has 0 saturated heterocycles. The van der Waals surface area contributed by atoms with Crippen LogP contribution in [0.2, 0.25) is 0 Å². The summed E-state index contributed by atoms with van der Waals surface area (Å²) in [5, 5.41) is 8.69. The van der Waals surface area contributed by atoms with E-state index in [1.54, 1.807) is 55.3 Å². The summed E-state index contributed by atoms with van der Waals surface area (Å²) in [6.07, 6.45) is -2.11. The van der Waals surface area contributed by atoms with Gasteiger partial charge in [0.25, 0.3) is 5.91 Å². The first-order valence-corrected chi connectivity index (χ1v) is 10.6. The number of carbonyl (C=O) groups excluding carboxylic acids is 1. The lowest BCUT2D eigenvalue weighted by molar-refractivity contribution is -0.137. The maximum atomic E-state index is 13.6. The van der Waals surface area contributed by atoms with Crippen molar-refractivity contribution in [2.75, 3.05) is 33.0 Å². The molecule has 4 aromatic rings. The molecular formula is C23H24F3N7O2. The standard InChI is InChI=1S/C23H24F3N7O2/c1-31(8-9-35-3)33(13-16-6-5-15(11-28-16)23(24,25)26)22(34)14-4-7-19-17(10-14)20-18(21(27)30-19)12-29-32(20)2/h4-7,10-12H,8-9,13H2,1-3H3,(H2,27,30). The number of ether oxygens (including phenoxy) is 1. The average Bonchev–Trinajstić information content (AvgIpc) is 3.22. The summed E-state index contributed by atoms with van der Waals surface area (Å²) in [5.41, 5.74) is 7.22. The highest BCUT2D eigenvalue weighted by molar-refractivity contribution is 6.10. The van der Waals surface area contributed by atoms with Crippen molar-refractivity contribution in [1.82, 2.24) is 29.8 Å². The number of rotatable bonds is 7. The number of nitrogens with two attached hydrogens (primary N) is 1. The Kier molecular flexibility index (Phi) is 6.59. The number of aromatic nitrogens is 4. The van der Waals surface area contributed by atoms with Crippen molar-refractivity contribution >= 4 is 33.5 Å². The second kappa shape index (κ2) is 9.47. The lowest BCUT2D eigenvalue weighted by Crippen LogP contribution is -2.45. The molecule has 0 fully saturated rings. The Balaban J connectivity index is 1.71. The van der Waals surface area contributed by atoms with Gasteiger partial charge in [0.2, 0.25) is 0 Å². The second-order valence-electron chi connectivity index (χ2n) is 8.03. The first kappa shape index (κ1) is 24.4. The maximum absolute atomic E-state index is 13.6. The number of aryl methyl sites for hydroxylation is 1. The highest BCUT2D eigenvalue weighted by Gasteiger charge is 2.31. The number of fused-ring (bicyclic) bond motifs is 3. The van der Waals surface area contributed by atoms with Crippen LogP contribution in [0.1, 0.15) is 21.6 Å². The molecule has 3 aromatic heterocycles. The fourth-order valence-corrected chi connectivity index (χ4v) is 3.77. The van der Waals surface area contributed by atoms with Gasteiger partial charge in [-0.25, -0.2) is 9.99 Å². The third-order valence-corrected chi connectivity index (χ3v) is 5.68. The molecule has 2 N–H and O–H groups in total. The number of nitrogen functional groups attached to an aromatic ring is 1. The van der Waals surface area contributed by atoms with Gasteiger partial charge in [0.15, 0.2) is 0 Å². The number of methoxy groups -OCH3 is 1. The molecular weight excluding hydrogens is 463 g/mol. The molecule has 0 spiro atoms. The Morgan fingerprint density at radius 1 is 1.17 bits per heavy atom. The van der Waals surface area contributed by atoms with Gasteiger partial charge in [0.05, 0.1) is 47.0 Å². The third-order valence-electron chi connectivity index (χ3n) is 5.68. The van der Waals surface area contributed by atoms with Crippen LogP contribution >= 0.6 is 0 Å². The number of pyridine rings is 2. The molecule has 35 heavy (non-hydrogen) atoms. The van der Waals surface area contributed by atoms with E-state index in [1.165, 1.54) is 11.1 Å². The molecule has 0 unspecified atom stereocenters. The van der Waals surface area contributed by atoms with Crippen LogP contribution in [0.15, 0.2) is 42.7 Å². The van der Waals surface area contributed by atoms with Gasteiger partial charge in [-0.15, -0.1) is 0 Å². The van der Waals surface area contributed by atoms with Gasteiger partial charge in [-0.3, -0.25) is 19.5 Å². The number of carbonyl (C=O) groups is 1. The van der Waals surface area contributed by atoms with Gasteiger partial charge in [0, 0.05) is 44.9 Å². The van der Waals surface area contributed by atoms with Crippen LogP contribution in [0, 0.1) is 0 Å². The monoisotopic (exact) mass is 487 g/mol. The van der Waals surface area contributed by atoms with Crippen molar-refractivity contribution in [3.05, 3.63) is 59.5 Å². The molecule has 0 saturated carbocycles. The quantitative estimate of drug-likeness (QED) is 0.399. The van der Waals surface area contributed by atoms with E-state index in [0.29, 0.717) is 46.5 Å². The number of benzene rings is 1. The Morgan fingerprint density at radius 2 is 1.94 bits per heavy atom. The van der Waals surface area contributed by atoms with Crippen LogP contribution in [-0.4, -0.2) is 63.0 Å². The predicted molar refractivity (Wildman–Crippen MR) is 124 cm³/mol. The summed E-state index contributed by atoms with van der Waals surface area (Å²) in [6.45, 7) is 0.689. The van der Waals surface area contributed by atoms with E-state index < -0.39 is 11.7 Å². The maximum Gasteiger partial charge on any atom is 0.417 e. The van der Waals surface area contributed by atoms with Crippen LogP contribution in [-0.2, 0) is 24.5 Å². The number of hydrazine groups is 1. The van der Waals surface area contributed by atoms with E-state index in [4.69, 9.17) is 10.5 Å². The van der Waals surface area contributed by atoms with Crippen molar-refractivity contribution in [2.45, 2.75) is 12.7 Å². The number of hydrogen-bond donors (Lipinski definition) is 1. The highest BCUT2D eigenvalue weighted by atomic mass is 19.4. The number of halogens is 3. The van der Waals surface area contributed by atoms with Crippen LogP contribution in [0.4, 0.5) is 19.0 Å². The number of anilines is 1. The van der Waals surface area contributed by atoms with Gasteiger partial charge in [0.1, 0.15) is 5.82 Å². The van der Waals surface area contributed by atoms with E-state index in [9.17, 15) is 18.0 Å². The number of amides is 1. The molecule has 0 aliphatic heterocycles. The van der Waals surface area contributed by atoms with Gasteiger partial charge >= 0.3 is 6.18 Å². The summed E-state index contributed by atoms with van der Waals surface area (Å²) >= 11 is 0. The minimum atomic E-state index is -4.49. The van der Waals surface area contributed by atoms with E-state index in [-0.39, 0.29) is 12.5 Å². The Bertz CT molecular complexity index is 1370. The van der Waals surface area contributed by atoms with Crippen LogP contribution in [0.5, 0.6) is 0 Å². The average molecular weight is 487 g/mol. The fraction of sp³-hybridized carbons (Fsp3) is 0.304. The first-order chi connectivity index (χ1) is 16.6. The Morgan fingerprint density at radius 3 is 2.60 bits per heavy atom. The molecule has 9 nitrogen and oxygen atoms in total. The molecule has 3 heterocycles. The zero-order valence-electron chi connectivity index (χ0n) is 19.4. The van der Waals surface area contributed by atoms with E-state index in [1.807, 2.05) is 0 Å². The van der Waals surface area contributed by atoms with Gasteiger partial charge in [-0.1, -0.05) is 0 Å². The first-order valence-electron chi connectivity index (χ1n) is 10.6. The van der Waals surface area contributed by atoms with Crippen molar-refractivity contribution in [3.8, 4) is 0 Å². The smallest absolute Gasteiger partial charge is 0.383 e. The number of likely N-dealkylation sites (N-methyl/N-ethyl adjacent to an activating group) is 1. The normalized spacial score (nSPS) is 12.1. The SMILES string of the molecule is COCCN(C)N(Cc1ccc(C(F)(F)F)cn1)C(=O)c1ccc2nc(N)c3cnn(C)c3c2c1. The van der Waals surface area contributed by atoms with Crippen LogP contribution < -0.4 is 5.73 Å². The van der Waals surface area contributed by atoms with Crippen molar-refractivity contribution in [3.63, 3.8) is 0 Å². The summed E-state index contributed by atoms with van der Waals surface area (Å²) < 4.78 is 45.6. The summed E-state index contributed by atoms with van der Waals surface area (Å²) in [5.74, 6) is -0.0201. The summed E-state index contributed by atoms with van der Waals surface area (Å²) in [7, 11) is 5.01. The minimum Gasteiger partial charge on any atom is -0.383 e. The van der Waals surface area contributed by atoms with Crippen molar-refractivity contribution in [1.29, 1.82) is 0 Å². The Hall–Kier alpha value is -3.77. The summed E-state index contributed by atoms with van der Waals surface area (Å²) in [4.78, 5) is 21.9. The van der Waals surface area contributed by atoms with E-state index in [0.717, 1.165) is 17.8 Å². The zero-order valence-corrected chi connectivity index (χ0v) is 19.4. The predicted octanol–water partition coefficient (Wildman–Crippen LogP) is 3.25. The van der Waals surface area contributed by atoms with Gasteiger partial charge in [-0.05, 0) is 30.3 Å². The minimum absolute atomic E-state index is 0.0314. The molecule has 4 rings (SSSR count). The Labute approximate surface area is 198 Å². The fourth-order valence-electron chi connectivity index (χ4n) is 3.77. The van der Waals surface area contributed by atoms with E-state index in [2.05, 4.69) is 15.1 Å². The largest absolute Gasteiger partial charge is 0.417 e. The van der Waals surface area contributed by atoms with Gasteiger partial charge in [-0.2, -0.15) is 18.3 Å². The molecule has 0 bridgehead atoms. The second-order valence-corrected chi connectivity index (χ2v) is 8.03. The lowest BCUT2D eigenvalue weighted by Gasteiger charge is -2.32. The van der Waals surface area contributed by atoms with Crippen LogP contribution in [0.25, 0.3) is 21.8 Å². The molecule has 0 atom stereocenters. The number of alkyl halides is 3. The molecule has 0 aliphatic rings. The number of hydrogen-bond acceptors (Lipinski definition) is 7. The molecule has 12 heteroatoms. The van der Waals surface area contributed by atoms with Gasteiger partial charge < -0.3 is 10.5 Å².